The van der Waals surface area contributed by atoms with Gasteiger partial charge in [-0.2, -0.15) is 0 Å². The lowest BCUT2D eigenvalue weighted by molar-refractivity contribution is -0.116. The van der Waals surface area contributed by atoms with E-state index in [0.717, 1.165) is 6.26 Å². The molecule has 0 heterocycles. The Hall–Kier alpha value is -2.94. The summed E-state index contributed by atoms with van der Waals surface area (Å²) in [5, 5.41) is 2.78. The van der Waals surface area contributed by atoms with Crippen LogP contribution < -0.4 is 23.8 Å². The number of ether oxygens (including phenoxy) is 3. The second-order valence-electron chi connectivity index (χ2n) is 6.22. The highest BCUT2D eigenvalue weighted by molar-refractivity contribution is 7.92. The van der Waals surface area contributed by atoms with Crippen molar-refractivity contribution >= 4 is 27.3 Å². The average Bonchev–Trinajstić information content (AvgIpc) is 2.70. The Bertz CT molecular complexity index is 946. The maximum absolute atomic E-state index is 12.3. The number of anilines is 2. The minimum absolute atomic E-state index is 0.135. The highest BCUT2D eigenvalue weighted by Gasteiger charge is 2.21. The van der Waals surface area contributed by atoms with Crippen molar-refractivity contribution in [2.24, 2.45) is 0 Å². The SMILES string of the molecule is COc1ccc(NC(=O)CCCN(c2ccccc2OC)S(C)(=O)=O)c(OC)c1. The molecule has 0 saturated heterocycles. The molecule has 0 aliphatic rings. The second-order valence-corrected chi connectivity index (χ2v) is 8.13. The third kappa shape index (κ3) is 6.02. The summed E-state index contributed by atoms with van der Waals surface area (Å²) in [6.45, 7) is 0.145. The first kappa shape index (κ1) is 22.4. The number of nitrogens with one attached hydrogen (secondary N) is 1. The van der Waals surface area contributed by atoms with Gasteiger partial charge in [0, 0.05) is 19.0 Å². The van der Waals surface area contributed by atoms with Crippen molar-refractivity contribution in [1.29, 1.82) is 0 Å². The Morgan fingerprint density at radius 2 is 1.69 bits per heavy atom. The summed E-state index contributed by atoms with van der Waals surface area (Å²) in [6, 6.07) is 11.9. The number of sulfonamides is 1. The molecule has 0 radical (unpaired) electrons. The van der Waals surface area contributed by atoms with Gasteiger partial charge in [0.25, 0.3) is 0 Å². The molecule has 1 amide bonds. The van der Waals surface area contributed by atoms with Gasteiger partial charge in [-0.1, -0.05) is 12.1 Å². The van der Waals surface area contributed by atoms with E-state index in [1.165, 1.54) is 18.5 Å². The number of hydrogen-bond acceptors (Lipinski definition) is 6. The van der Waals surface area contributed by atoms with Crippen LogP contribution in [0.3, 0.4) is 0 Å². The van der Waals surface area contributed by atoms with E-state index in [9.17, 15) is 13.2 Å². The van der Waals surface area contributed by atoms with Gasteiger partial charge < -0.3 is 19.5 Å². The Morgan fingerprint density at radius 1 is 1.00 bits per heavy atom. The summed E-state index contributed by atoms with van der Waals surface area (Å²) in [4.78, 5) is 12.3. The topological polar surface area (TPSA) is 94.2 Å². The van der Waals surface area contributed by atoms with Crippen LogP contribution in [0, 0.1) is 0 Å². The van der Waals surface area contributed by atoms with Crippen LogP contribution in [0.15, 0.2) is 42.5 Å². The number of nitrogens with zero attached hydrogens (tertiary/aromatic N) is 1. The average molecular weight is 423 g/mol. The number of benzene rings is 2. The Kier molecular flexibility index (Phi) is 7.72. The number of carbonyl (C=O) groups is 1. The zero-order chi connectivity index (χ0) is 21.4. The molecule has 9 heteroatoms. The predicted octanol–water partition coefficient (Wildman–Crippen LogP) is 2.90. The Balaban J connectivity index is 2.04. The van der Waals surface area contributed by atoms with Crippen LogP contribution >= 0.6 is 0 Å². The van der Waals surface area contributed by atoms with E-state index in [0.29, 0.717) is 35.0 Å². The van der Waals surface area contributed by atoms with Crippen LogP contribution in [0.4, 0.5) is 11.4 Å². The van der Waals surface area contributed by atoms with Gasteiger partial charge >= 0.3 is 0 Å². The lowest BCUT2D eigenvalue weighted by Gasteiger charge is -2.24. The molecule has 1 N–H and O–H groups in total. The van der Waals surface area contributed by atoms with Crippen LogP contribution in [0.25, 0.3) is 0 Å². The number of methoxy groups -OCH3 is 3. The monoisotopic (exact) mass is 422 g/mol. The van der Waals surface area contributed by atoms with Crippen LogP contribution in [0.5, 0.6) is 17.2 Å². The molecule has 2 aromatic carbocycles. The van der Waals surface area contributed by atoms with Gasteiger partial charge in [-0.15, -0.1) is 0 Å². The largest absolute Gasteiger partial charge is 0.497 e. The smallest absolute Gasteiger partial charge is 0.232 e. The van der Waals surface area contributed by atoms with Gasteiger partial charge in [0.15, 0.2) is 0 Å². The van der Waals surface area contributed by atoms with Gasteiger partial charge in [0.2, 0.25) is 15.9 Å². The van der Waals surface area contributed by atoms with Crippen LogP contribution in [-0.2, 0) is 14.8 Å². The van der Waals surface area contributed by atoms with E-state index in [1.807, 2.05) is 0 Å². The zero-order valence-electron chi connectivity index (χ0n) is 17.0. The van der Waals surface area contributed by atoms with Crippen molar-refractivity contribution in [3.8, 4) is 17.2 Å². The molecular weight excluding hydrogens is 396 g/mol. The van der Waals surface area contributed by atoms with Crippen molar-refractivity contribution < 1.29 is 27.4 Å². The van der Waals surface area contributed by atoms with Gasteiger partial charge in [-0.3, -0.25) is 9.10 Å². The van der Waals surface area contributed by atoms with E-state index in [-0.39, 0.29) is 18.9 Å². The molecule has 29 heavy (non-hydrogen) atoms. The fourth-order valence-electron chi connectivity index (χ4n) is 2.80. The minimum atomic E-state index is -3.54. The first-order valence-corrected chi connectivity index (χ1v) is 10.8. The summed E-state index contributed by atoms with van der Waals surface area (Å²) in [5.41, 5.74) is 0.956. The highest BCUT2D eigenvalue weighted by Crippen LogP contribution is 2.30. The molecule has 0 atom stereocenters. The van der Waals surface area contributed by atoms with Crippen LogP contribution in [-0.4, -0.2) is 48.5 Å². The zero-order valence-corrected chi connectivity index (χ0v) is 17.8. The minimum Gasteiger partial charge on any atom is -0.497 e. The number of hydrogen-bond donors (Lipinski definition) is 1. The summed E-state index contributed by atoms with van der Waals surface area (Å²) in [5.74, 6) is 1.29. The van der Waals surface area contributed by atoms with E-state index < -0.39 is 10.0 Å². The summed E-state index contributed by atoms with van der Waals surface area (Å²) >= 11 is 0. The highest BCUT2D eigenvalue weighted by atomic mass is 32.2. The molecule has 8 nitrogen and oxygen atoms in total. The molecule has 158 valence electrons. The van der Waals surface area contributed by atoms with Crippen molar-refractivity contribution in [1.82, 2.24) is 0 Å². The number of rotatable bonds is 10. The van der Waals surface area contributed by atoms with E-state index in [2.05, 4.69) is 5.32 Å². The van der Waals surface area contributed by atoms with Crippen molar-refractivity contribution in [2.75, 3.05) is 43.8 Å². The standard InChI is InChI=1S/C20H26N2O6S/c1-26-15-11-12-16(19(14-15)28-3)21-20(23)10-7-13-22(29(4,24)25)17-8-5-6-9-18(17)27-2/h5-6,8-9,11-12,14H,7,10,13H2,1-4H3,(H,21,23). The first-order valence-electron chi connectivity index (χ1n) is 8.92. The Morgan fingerprint density at radius 3 is 2.31 bits per heavy atom. The lowest BCUT2D eigenvalue weighted by atomic mass is 10.2. The first-order chi connectivity index (χ1) is 13.8. The third-order valence-corrected chi connectivity index (χ3v) is 5.38. The van der Waals surface area contributed by atoms with Gasteiger partial charge in [0.1, 0.15) is 17.2 Å². The molecule has 2 rings (SSSR count). The van der Waals surface area contributed by atoms with Crippen LogP contribution in [0.1, 0.15) is 12.8 Å². The van der Waals surface area contributed by atoms with Crippen LogP contribution in [0.2, 0.25) is 0 Å². The molecule has 0 aliphatic carbocycles. The van der Waals surface area contributed by atoms with Gasteiger partial charge in [-0.05, 0) is 30.7 Å². The normalized spacial score (nSPS) is 10.9. The maximum atomic E-state index is 12.3. The molecular formula is C20H26N2O6S. The van der Waals surface area contributed by atoms with Gasteiger partial charge in [-0.25, -0.2) is 8.42 Å². The summed E-state index contributed by atoms with van der Waals surface area (Å²) < 4.78 is 41.4. The molecule has 0 unspecified atom stereocenters. The molecule has 2 aromatic rings. The van der Waals surface area contributed by atoms with Crippen molar-refractivity contribution in [3.05, 3.63) is 42.5 Å². The number of amides is 1. The van der Waals surface area contributed by atoms with Gasteiger partial charge in [0.05, 0.1) is 39.0 Å². The molecule has 0 aromatic heterocycles. The fraction of sp³-hybridized carbons (Fsp3) is 0.350. The Labute approximate surface area is 171 Å². The summed E-state index contributed by atoms with van der Waals surface area (Å²) in [7, 11) is 0.989. The van der Waals surface area contributed by atoms with E-state index in [4.69, 9.17) is 14.2 Å². The number of carbonyl (C=O) groups excluding carboxylic acids is 1. The lowest BCUT2D eigenvalue weighted by Crippen LogP contribution is -2.31. The fourth-order valence-corrected chi connectivity index (χ4v) is 3.77. The molecule has 0 aliphatic heterocycles. The molecule has 0 fully saturated rings. The second kappa shape index (κ2) is 10.0. The number of para-hydroxylation sites is 2. The maximum Gasteiger partial charge on any atom is 0.232 e. The third-order valence-electron chi connectivity index (χ3n) is 4.20. The summed E-state index contributed by atoms with van der Waals surface area (Å²) in [6.07, 6.45) is 1.59. The van der Waals surface area contributed by atoms with Crippen molar-refractivity contribution in [2.45, 2.75) is 12.8 Å². The van der Waals surface area contributed by atoms with Crippen molar-refractivity contribution in [3.63, 3.8) is 0 Å². The van der Waals surface area contributed by atoms with E-state index in [1.54, 1.807) is 49.6 Å². The quantitative estimate of drug-likeness (QED) is 0.633. The van der Waals surface area contributed by atoms with E-state index >= 15 is 0 Å². The predicted molar refractivity (Wildman–Crippen MR) is 113 cm³/mol. The molecule has 0 spiro atoms. The molecule has 0 bridgehead atoms. The molecule has 0 saturated carbocycles.